The number of para-hydroxylation sites is 1. The Labute approximate surface area is 150 Å². The minimum atomic E-state index is -0.587. The Kier molecular flexibility index (Phi) is 4.38. The summed E-state index contributed by atoms with van der Waals surface area (Å²) in [7, 11) is 1.65. The maximum absolute atomic E-state index is 10.7. The maximum atomic E-state index is 10.7. The van der Waals surface area contributed by atoms with Crippen LogP contribution in [0.1, 0.15) is 11.7 Å². The maximum Gasteiger partial charge on any atom is 0.173 e. The first-order valence-corrected chi connectivity index (χ1v) is 8.88. The number of aromatic nitrogens is 2. The molecule has 4 rings (SSSR count). The van der Waals surface area contributed by atoms with Gasteiger partial charge in [0.2, 0.25) is 0 Å². The molecule has 0 amide bonds. The van der Waals surface area contributed by atoms with Crippen LogP contribution in [0.5, 0.6) is 11.5 Å². The highest BCUT2D eigenvalue weighted by Crippen LogP contribution is 2.39. The van der Waals surface area contributed by atoms with Gasteiger partial charge in [-0.05, 0) is 30.3 Å². The van der Waals surface area contributed by atoms with Crippen molar-refractivity contribution in [2.45, 2.75) is 16.5 Å². The Morgan fingerprint density at radius 1 is 1.20 bits per heavy atom. The Hall–Kier alpha value is -2.44. The van der Waals surface area contributed by atoms with E-state index in [4.69, 9.17) is 9.47 Å². The third-order valence-electron chi connectivity index (χ3n) is 4.21. The van der Waals surface area contributed by atoms with E-state index in [1.165, 1.54) is 11.8 Å². The van der Waals surface area contributed by atoms with Crippen LogP contribution in [0.3, 0.4) is 0 Å². The molecule has 0 spiro atoms. The summed E-state index contributed by atoms with van der Waals surface area (Å²) in [5, 5.41) is 11.4. The van der Waals surface area contributed by atoms with Gasteiger partial charge in [-0.15, -0.1) is 0 Å². The smallest absolute Gasteiger partial charge is 0.173 e. The number of benzene rings is 2. The Bertz CT molecular complexity index is 863. The predicted molar refractivity (Wildman–Crippen MR) is 96.7 cm³/mol. The molecule has 2 aromatic carbocycles. The first-order valence-electron chi connectivity index (χ1n) is 8.00. The summed E-state index contributed by atoms with van der Waals surface area (Å²) in [6.45, 7) is 0.443. The molecule has 2 heterocycles. The van der Waals surface area contributed by atoms with E-state index in [-0.39, 0.29) is 5.25 Å². The summed E-state index contributed by atoms with van der Waals surface area (Å²) in [4.78, 5) is 4.45. The van der Waals surface area contributed by atoms with Crippen LogP contribution in [-0.4, -0.2) is 33.6 Å². The standard InChI is InChI=1S/C19H18N2O3S/c1-23-14-8-6-13(7-9-14)21-11-10-20-19(21)25-17-12-24-16-5-3-2-4-15(16)18(17)22/h2-11,17-18,22H,12H2,1H3/t17-,18-/m0/s1. The monoisotopic (exact) mass is 354 g/mol. The predicted octanol–water partition coefficient (Wildman–Crippen LogP) is 3.47. The van der Waals surface area contributed by atoms with E-state index in [0.717, 1.165) is 27.9 Å². The lowest BCUT2D eigenvalue weighted by atomic mass is 10.0. The summed E-state index contributed by atoms with van der Waals surface area (Å²) < 4.78 is 13.0. The number of fused-ring (bicyclic) bond motifs is 1. The quantitative estimate of drug-likeness (QED) is 0.777. The van der Waals surface area contributed by atoms with E-state index in [1.807, 2.05) is 59.3 Å². The van der Waals surface area contributed by atoms with Crippen molar-refractivity contribution in [1.29, 1.82) is 0 Å². The number of imidazole rings is 1. The molecule has 1 N–H and O–H groups in total. The molecule has 0 unspecified atom stereocenters. The second kappa shape index (κ2) is 6.82. The third-order valence-corrected chi connectivity index (χ3v) is 5.42. The van der Waals surface area contributed by atoms with Crippen molar-refractivity contribution in [1.82, 2.24) is 9.55 Å². The SMILES string of the molecule is COc1ccc(-n2ccnc2S[C@H]2COc3ccccc3[C@@H]2O)cc1. The molecular formula is C19H18N2O3S. The van der Waals surface area contributed by atoms with Crippen LogP contribution in [0, 0.1) is 0 Å². The number of hydrogen-bond donors (Lipinski definition) is 1. The Balaban J connectivity index is 1.57. The fraction of sp³-hybridized carbons (Fsp3) is 0.211. The number of thioether (sulfide) groups is 1. The second-order valence-corrected chi connectivity index (χ2v) is 6.93. The zero-order valence-corrected chi connectivity index (χ0v) is 14.5. The molecular weight excluding hydrogens is 336 g/mol. The normalized spacial score (nSPS) is 19.1. The van der Waals surface area contributed by atoms with Crippen LogP contribution in [0.4, 0.5) is 0 Å². The van der Waals surface area contributed by atoms with Crippen LogP contribution < -0.4 is 9.47 Å². The van der Waals surface area contributed by atoms with Gasteiger partial charge in [-0.1, -0.05) is 30.0 Å². The number of nitrogens with zero attached hydrogens (tertiary/aromatic N) is 2. The average molecular weight is 354 g/mol. The van der Waals surface area contributed by atoms with Crippen LogP contribution in [-0.2, 0) is 0 Å². The molecule has 1 aromatic heterocycles. The fourth-order valence-electron chi connectivity index (χ4n) is 2.87. The van der Waals surface area contributed by atoms with Gasteiger partial charge in [0.25, 0.3) is 0 Å². The Morgan fingerprint density at radius 2 is 2.00 bits per heavy atom. The molecule has 0 saturated carbocycles. The number of ether oxygens (including phenoxy) is 2. The fourth-order valence-corrected chi connectivity index (χ4v) is 3.95. The van der Waals surface area contributed by atoms with Crippen LogP contribution in [0.15, 0.2) is 66.1 Å². The summed E-state index contributed by atoms with van der Waals surface area (Å²) in [6, 6.07) is 15.4. The molecule has 0 aliphatic carbocycles. The number of aliphatic hydroxyl groups is 1. The molecule has 6 heteroatoms. The van der Waals surface area contributed by atoms with E-state index in [0.29, 0.717) is 6.61 Å². The van der Waals surface area contributed by atoms with Crippen LogP contribution in [0.2, 0.25) is 0 Å². The summed E-state index contributed by atoms with van der Waals surface area (Å²) in [5.74, 6) is 1.57. The molecule has 0 radical (unpaired) electrons. The average Bonchev–Trinajstić information content (AvgIpc) is 3.12. The molecule has 0 bridgehead atoms. The number of methoxy groups -OCH3 is 1. The number of aliphatic hydroxyl groups excluding tert-OH is 1. The van der Waals surface area contributed by atoms with Gasteiger partial charge >= 0.3 is 0 Å². The van der Waals surface area contributed by atoms with Crippen molar-refractivity contribution in [3.05, 3.63) is 66.5 Å². The highest BCUT2D eigenvalue weighted by molar-refractivity contribution is 7.99. The molecule has 2 atom stereocenters. The van der Waals surface area contributed by atoms with Crippen molar-refractivity contribution in [2.75, 3.05) is 13.7 Å². The lowest BCUT2D eigenvalue weighted by Gasteiger charge is -2.29. The summed E-state index contributed by atoms with van der Waals surface area (Å²) >= 11 is 1.52. The second-order valence-electron chi connectivity index (χ2n) is 5.73. The van der Waals surface area contributed by atoms with E-state index in [2.05, 4.69) is 4.98 Å². The molecule has 0 saturated heterocycles. The third kappa shape index (κ3) is 3.10. The van der Waals surface area contributed by atoms with Gasteiger partial charge in [0, 0.05) is 23.6 Å². The van der Waals surface area contributed by atoms with Crippen molar-refractivity contribution in [3.8, 4) is 17.2 Å². The van der Waals surface area contributed by atoms with Gasteiger partial charge in [-0.3, -0.25) is 4.57 Å². The molecule has 5 nitrogen and oxygen atoms in total. The molecule has 128 valence electrons. The number of hydrogen-bond acceptors (Lipinski definition) is 5. The topological polar surface area (TPSA) is 56.5 Å². The minimum absolute atomic E-state index is 0.116. The van der Waals surface area contributed by atoms with Gasteiger partial charge in [-0.25, -0.2) is 4.98 Å². The van der Waals surface area contributed by atoms with Crippen molar-refractivity contribution in [3.63, 3.8) is 0 Å². The molecule has 25 heavy (non-hydrogen) atoms. The van der Waals surface area contributed by atoms with Crippen LogP contribution in [0.25, 0.3) is 5.69 Å². The minimum Gasteiger partial charge on any atom is -0.497 e. The van der Waals surface area contributed by atoms with Gasteiger partial charge in [0.05, 0.1) is 18.5 Å². The van der Waals surface area contributed by atoms with Crippen molar-refractivity contribution >= 4 is 11.8 Å². The van der Waals surface area contributed by atoms with E-state index in [9.17, 15) is 5.11 Å². The van der Waals surface area contributed by atoms with E-state index >= 15 is 0 Å². The van der Waals surface area contributed by atoms with Crippen molar-refractivity contribution < 1.29 is 14.6 Å². The summed E-state index contributed by atoms with van der Waals surface area (Å²) in [6.07, 6.45) is 3.08. The lowest BCUT2D eigenvalue weighted by Crippen LogP contribution is -2.28. The molecule has 0 fully saturated rings. The zero-order valence-electron chi connectivity index (χ0n) is 13.7. The van der Waals surface area contributed by atoms with E-state index < -0.39 is 6.10 Å². The highest BCUT2D eigenvalue weighted by Gasteiger charge is 2.31. The van der Waals surface area contributed by atoms with Gasteiger partial charge in [0.15, 0.2) is 5.16 Å². The van der Waals surface area contributed by atoms with Crippen molar-refractivity contribution in [2.24, 2.45) is 0 Å². The highest BCUT2D eigenvalue weighted by atomic mass is 32.2. The van der Waals surface area contributed by atoms with Gasteiger partial charge in [-0.2, -0.15) is 0 Å². The molecule has 1 aliphatic rings. The number of rotatable bonds is 4. The van der Waals surface area contributed by atoms with Gasteiger partial charge in [0.1, 0.15) is 18.1 Å². The molecule has 3 aromatic rings. The van der Waals surface area contributed by atoms with E-state index in [1.54, 1.807) is 13.3 Å². The largest absolute Gasteiger partial charge is 0.497 e. The first kappa shape index (κ1) is 16.1. The Morgan fingerprint density at radius 3 is 2.80 bits per heavy atom. The summed E-state index contributed by atoms with van der Waals surface area (Å²) in [5.41, 5.74) is 1.82. The molecule has 1 aliphatic heterocycles. The lowest BCUT2D eigenvalue weighted by molar-refractivity contribution is 0.122. The first-order chi connectivity index (χ1) is 12.3. The van der Waals surface area contributed by atoms with Crippen LogP contribution >= 0.6 is 11.8 Å². The van der Waals surface area contributed by atoms with Gasteiger partial charge < -0.3 is 14.6 Å². The zero-order chi connectivity index (χ0) is 17.2.